The van der Waals surface area contributed by atoms with E-state index in [1.165, 1.54) is 21.7 Å². The Morgan fingerprint density at radius 2 is 1.80 bits per heavy atom. The van der Waals surface area contributed by atoms with Gasteiger partial charge in [-0.3, -0.25) is 4.68 Å². The summed E-state index contributed by atoms with van der Waals surface area (Å²) in [6.45, 7) is 4.74. The highest BCUT2D eigenvalue weighted by atomic mass is 32.2. The fourth-order valence-corrected chi connectivity index (χ4v) is 6.87. The van der Waals surface area contributed by atoms with Crippen LogP contribution in [0, 0.1) is 18.8 Å². The number of carboxylic acid groups (broad SMARTS) is 1. The molecule has 1 aliphatic carbocycles. The quantitative estimate of drug-likeness (QED) is 0.172. The molecular weight excluding hydrogens is 536 g/mol. The van der Waals surface area contributed by atoms with Gasteiger partial charge in [0.15, 0.2) is 6.29 Å². The third-order valence-electron chi connectivity index (χ3n) is 8.00. The van der Waals surface area contributed by atoms with Gasteiger partial charge in [-0.25, -0.2) is 4.79 Å². The van der Waals surface area contributed by atoms with Gasteiger partial charge >= 0.3 is 5.97 Å². The number of aromatic nitrogens is 2. The number of thioether (sulfide) groups is 1. The maximum absolute atomic E-state index is 10.8. The Hall–Kier alpha value is -2.65. The normalized spacial score (nSPS) is 21.1. The van der Waals surface area contributed by atoms with Crippen molar-refractivity contribution in [3.05, 3.63) is 60.2 Å². The second-order valence-corrected chi connectivity index (χ2v) is 12.3. The van der Waals surface area contributed by atoms with Gasteiger partial charge < -0.3 is 19.3 Å². The lowest BCUT2D eigenvalue weighted by Crippen LogP contribution is -2.24. The van der Waals surface area contributed by atoms with Crippen molar-refractivity contribution in [1.29, 1.82) is 0 Å². The molecule has 1 aromatic heterocycles. The molecule has 1 unspecified atom stereocenters. The lowest BCUT2D eigenvalue weighted by Gasteiger charge is -2.28. The van der Waals surface area contributed by atoms with Crippen molar-refractivity contribution < 1.29 is 24.1 Å². The minimum absolute atomic E-state index is 0.0833. The molecule has 220 valence electrons. The molecule has 0 radical (unpaired) electrons. The summed E-state index contributed by atoms with van der Waals surface area (Å²) in [5.41, 5.74) is 5.75. The molecule has 2 aliphatic rings. The third kappa shape index (κ3) is 8.44. The first-order chi connectivity index (χ1) is 20.1. The summed E-state index contributed by atoms with van der Waals surface area (Å²) in [7, 11) is 0. The van der Waals surface area contributed by atoms with Crippen molar-refractivity contribution in [2.75, 3.05) is 32.2 Å². The molecule has 7 nitrogen and oxygen atoms in total. The summed E-state index contributed by atoms with van der Waals surface area (Å²) in [4.78, 5) is 10.8. The monoisotopic (exact) mass is 578 g/mol. The zero-order valence-electron chi connectivity index (χ0n) is 24.0. The van der Waals surface area contributed by atoms with E-state index in [0.29, 0.717) is 25.0 Å². The van der Waals surface area contributed by atoms with Gasteiger partial charge in [-0.1, -0.05) is 60.2 Å². The van der Waals surface area contributed by atoms with Gasteiger partial charge in [-0.15, -0.1) is 11.8 Å². The van der Waals surface area contributed by atoms with Gasteiger partial charge in [-0.05, 0) is 69.3 Å². The molecule has 5 rings (SSSR count). The highest BCUT2D eigenvalue weighted by Crippen LogP contribution is 2.41. The van der Waals surface area contributed by atoms with Crippen LogP contribution in [-0.4, -0.2) is 59.3 Å². The van der Waals surface area contributed by atoms with Crippen LogP contribution in [0.25, 0.3) is 22.4 Å². The van der Waals surface area contributed by atoms with Crippen molar-refractivity contribution in [3.63, 3.8) is 0 Å². The highest BCUT2D eigenvalue weighted by Gasteiger charge is 2.26. The highest BCUT2D eigenvalue weighted by molar-refractivity contribution is 7.99. The fourth-order valence-electron chi connectivity index (χ4n) is 5.87. The molecule has 0 spiro atoms. The van der Waals surface area contributed by atoms with E-state index in [2.05, 4.69) is 60.1 Å². The first-order valence-corrected chi connectivity index (χ1v) is 15.9. The van der Waals surface area contributed by atoms with Crippen LogP contribution in [0.1, 0.15) is 50.5 Å². The summed E-state index contributed by atoms with van der Waals surface area (Å²) < 4.78 is 19.5. The molecule has 0 amide bonds. The van der Waals surface area contributed by atoms with E-state index in [-0.39, 0.29) is 12.9 Å². The van der Waals surface area contributed by atoms with Crippen molar-refractivity contribution in [2.45, 2.75) is 69.7 Å². The Morgan fingerprint density at radius 1 is 1.02 bits per heavy atom. The molecule has 1 saturated heterocycles. The molecule has 2 fully saturated rings. The number of rotatable bonds is 13. The molecule has 1 saturated carbocycles. The summed E-state index contributed by atoms with van der Waals surface area (Å²) in [6, 6.07) is 19.2. The molecule has 3 aromatic rings. The number of hydrogen-bond donors (Lipinski definition) is 1. The van der Waals surface area contributed by atoms with Crippen LogP contribution in [0.5, 0.6) is 0 Å². The first-order valence-electron chi connectivity index (χ1n) is 15.0. The van der Waals surface area contributed by atoms with Crippen LogP contribution in [0.4, 0.5) is 0 Å². The van der Waals surface area contributed by atoms with E-state index < -0.39 is 5.97 Å². The average Bonchev–Trinajstić information content (AvgIpc) is 3.35. The molecule has 1 N–H and O–H groups in total. The standard InChI is InChI=1S/C33H42N2O5S/c1-24-8-7-11-28(20-24)31-32(27-9-3-2-4-10-27)34-35(33(31)41-19-18-40-30-12-5-6-17-39-30)21-25-13-15-26(16-14-25)22-38-23-29(36)37/h2-4,7-11,20,25-26,30H,5-6,12-19,21-23H2,1H3,(H,36,37)/t25-,26-,30?. The van der Waals surface area contributed by atoms with E-state index in [0.717, 1.165) is 75.1 Å². The topological polar surface area (TPSA) is 82.8 Å². The molecule has 1 aliphatic heterocycles. The average molecular weight is 579 g/mol. The Bertz CT molecular complexity index is 1250. The number of carboxylic acids is 1. The largest absolute Gasteiger partial charge is 0.480 e. The first kappa shape index (κ1) is 29.8. The number of hydrogen-bond acceptors (Lipinski definition) is 6. The van der Waals surface area contributed by atoms with Gasteiger partial charge in [0.25, 0.3) is 0 Å². The number of nitrogens with zero attached hydrogens (tertiary/aromatic N) is 2. The third-order valence-corrected chi connectivity index (χ3v) is 9.06. The predicted molar refractivity (Wildman–Crippen MR) is 162 cm³/mol. The zero-order chi connectivity index (χ0) is 28.4. The van der Waals surface area contributed by atoms with Gasteiger partial charge in [-0.2, -0.15) is 5.10 Å². The second-order valence-electron chi connectivity index (χ2n) is 11.3. The van der Waals surface area contributed by atoms with Crippen molar-refractivity contribution in [3.8, 4) is 22.4 Å². The predicted octanol–water partition coefficient (Wildman–Crippen LogP) is 7.07. The van der Waals surface area contributed by atoms with Gasteiger partial charge in [0.05, 0.1) is 13.2 Å². The van der Waals surface area contributed by atoms with Crippen LogP contribution in [0.15, 0.2) is 59.6 Å². The molecule has 0 bridgehead atoms. The lowest BCUT2D eigenvalue weighted by molar-refractivity contribution is -0.158. The summed E-state index contributed by atoms with van der Waals surface area (Å²) >= 11 is 1.83. The summed E-state index contributed by atoms with van der Waals surface area (Å²) in [6.07, 6.45) is 7.46. The smallest absolute Gasteiger partial charge is 0.329 e. The molecule has 2 heterocycles. The molecular formula is C33H42N2O5S. The number of carbonyl (C=O) groups is 1. The van der Waals surface area contributed by atoms with Crippen molar-refractivity contribution in [1.82, 2.24) is 9.78 Å². The Balaban J connectivity index is 1.37. The SMILES string of the molecule is Cc1cccc(-c2c(-c3ccccc3)nn(C[C@H]3CC[C@H](COCC(=O)O)CC3)c2SCCOC2CCCCO2)c1. The van der Waals surface area contributed by atoms with E-state index >= 15 is 0 Å². The maximum atomic E-state index is 10.8. The lowest BCUT2D eigenvalue weighted by atomic mass is 9.82. The minimum Gasteiger partial charge on any atom is -0.480 e. The van der Waals surface area contributed by atoms with Crippen LogP contribution in [-0.2, 0) is 25.5 Å². The fraction of sp³-hybridized carbons (Fsp3) is 0.515. The van der Waals surface area contributed by atoms with Gasteiger partial charge in [0.2, 0.25) is 0 Å². The Morgan fingerprint density at radius 3 is 2.54 bits per heavy atom. The molecule has 1 atom stereocenters. The molecule has 2 aromatic carbocycles. The zero-order valence-corrected chi connectivity index (χ0v) is 24.8. The van der Waals surface area contributed by atoms with Gasteiger partial charge in [0.1, 0.15) is 17.3 Å². The Labute approximate surface area is 247 Å². The molecule has 8 heteroatoms. The number of aryl methyl sites for hydroxylation is 1. The van der Waals surface area contributed by atoms with E-state index in [1.54, 1.807) is 0 Å². The molecule has 41 heavy (non-hydrogen) atoms. The maximum Gasteiger partial charge on any atom is 0.329 e. The van der Waals surface area contributed by atoms with Crippen LogP contribution in [0.2, 0.25) is 0 Å². The summed E-state index contributed by atoms with van der Waals surface area (Å²) in [5.74, 6) is 0.870. The van der Waals surface area contributed by atoms with E-state index in [9.17, 15) is 4.79 Å². The van der Waals surface area contributed by atoms with Crippen LogP contribution in [0.3, 0.4) is 0 Å². The van der Waals surface area contributed by atoms with Crippen LogP contribution < -0.4 is 0 Å². The van der Waals surface area contributed by atoms with Crippen molar-refractivity contribution in [2.24, 2.45) is 11.8 Å². The number of ether oxygens (including phenoxy) is 3. The minimum atomic E-state index is -0.905. The van der Waals surface area contributed by atoms with E-state index in [4.69, 9.17) is 24.4 Å². The summed E-state index contributed by atoms with van der Waals surface area (Å²) in [5, 5.41) is 15.3. The number of benzene rings is 2. The van der Waals surface area contributed by atoms with Crippen molar-refractivity contribution >= 4 is 17.7 Å². The van der Waals surface area contributed by atoms with Gasteiger partial charge in [0, 0.05) is 30.0 Å². The number of aliphatic carboxylic acids is 1. The Kier molecular flexibility index (Phi) is 10.9. The van der Waals surface area contributed by atoms with E-state index in [1.807, 2.05) is 17.8 Å². The van der Waals surface area contributed by atoms with Crippen LogP contribution >= 0.6 is 11.8 Å². The second kappa shape index (κ2) is 15.0.